The Morgan fingerprint density at radius 3 is 2.64 bits per heavy atom. The van der Waals surface area contributed by atoms with Crippen molar-refractivity contribution in [1.29, 1.82) is 0 Å². The number of carbonyl (C=O) groups excluding carboxylic acids is 1. The standard InChI is InChI=1S/C21H20ClN3O3/c1-28-18-9-7-15(8-10-18)19-11-12-21(27)25(24-19)13-3-6-20(26)23-17-5-2-4-16(22)14-17/h2,4-5,7-12,14H,3,6,13H2,1H3,(H,23,26). The number of hydrogen-bond acceptors (Lipinski definition) is 4. The van der Waals surface area contributed by atoms with E-state index in [0.717, 1.165) is 11.3 Å². The van der Waals surface area contributed by atoms with Crippen molar-refractivity contribution in [1.82, 2.24) is 9.78 Å². The van der Waals surface area contributed by atoms with Gasteiger partial charge in [-0.1, -0.05) is 17.7 Å². The van der Waals surface area contributed by atoms with Crippen LogP contribution in [0.3, 0.4) is 0 Å². The van der Waals surface area contributed by atoms with Crippen LogP contribution in [0.2, 0.25) is 5.02 Å². The van der Waals surface area contributed by atoms with E-state index in [4.69, 9.17) is 16.3 Å². The lowest BCUT2D eigenvalue weighted by atomic mass is 10.1. The third-order valence-electron chi connectivity index (χ3n) is 4.13. The fourth-order valence-corrected chi connectivity index (χ4v) is 2.89. The minimum Gasteiger partial charge on any atom is -0.497 e. The van der Waals surface area contributed by atoms with E-state index in [-0.39, 0.29) is 17.9 Å². The van der Waals surface area contributed by atoms with Gasteiger partial charge in [0.25, 0.3) is 5.56 Å². The van der Waals surface area contributed by atoms with Crippen LogP contribution in [0.4, 0.5) is 5.69 Å². The predicted octanol–water partition coefficient (Wildman–Crippen LogP) is 3.99. The number of benzene rings is 2. The molecule has 1 amide bonds. The number of anilines is 1. The summed E-state index contributed by atoms with van der Waals surface area (Å²) in [5.74, 6) is 0.615. The first kappa shape index (κ1) is 19.6. The van der Waals surface area contributed by atoms with E-state index < -0.39 is 0 Å². The third kappa shape index (κ3) is 5.20. The highest BCUT2D eigenvalue weighted by Crippen LogP contribution is 2.19. The maximum Gasteiger partial charge on any atom is 0.266 e. The van der Waals surface area contributed by atoms with Crippen molar-refractivity contribution in [2.24, 2.45) is 0 Å². The Kier molecular flexibility index (Phi) is 6.45. The van der Waals surface area contributed by atoms with Crippen molar-refractivity contribution >= 4 is 23.2 Å². The molecule has 3 rings (SSSR count). The summed E-state index contributed by atoms with van der Waals surface area (Å²) < 4.78 is 6.53. The summed E-state index contributed by atoms with van der Waals surface area (Å²) in [6, 6.07) is 17.6. The summed E-state index contributed by atoms with van der Waals surface area (Å²) in [7, 11) is 1.61. The van der Waals surface area contributed by atoms with Crippen LogP contribution < -0.4 is 15.6 Å². The molecule has 0 unspecified atom stereocenters. The Labute approximate surface area is 167 Å². The first-order valence-electron chi connectivity index (χ1n) is 8.83. The van der Waals surface area contributed by atoms with Crippen LogP contribution in [0, 0.1) is 0 Å². The van der Waals surface area contributed by atoms with Gasteiger partial charge in [-0.05, 0) is 55.0 Å². The van der Waals surface area contributed by atoms with Gasteiger partial charge >= 0.3 is 0 Å². The lowest BCUT2D eigenvalue weighted by Crippen LogP contribution is -2.23. The highest BCUT2D eigenvalue weighted by molar-refractivity contribution is 6.30. The molecular weight excluding hydrogens is 378 g/mol. The zero-order chi connectivity index (χ0) is 19.9. The van der Waals surface area contributed by atoms with E-state index in [0.29, 0.717) is 29.4 Å². The Bertz CT molecular complexity index is 1020. The lowest BCUT2D eigenvalue weighted by Gasteiger charge is -2.08. The minimum atomic E-state index is -0.201. The fourth-order valence-electron chi connectivity index (χ4n) is 2.70. The molecule has 0 fully saturated rings. The molecule has 0 aliphatic heterocycles. The number of methoxy groups -OCH3 is 1. The average molecular weight is 398 g/mol. The number of rotatable bonds is 7. The molecule has 2 aromatic carbocycles. The van der Waals surface area contributed by atoms with Gasteiger partial charge in [0.1, 0.15) is 5.75 Å². The smallest absolute Gasteiger partial charge is 0.266 e. The van der Waals surface area contributed by atoms with Gasteiger partial charge in [0.2, 0.25) is 5.91 Å². The van der Waals surface area contributed by atoms with Gasteiger partial charge in [-0.25, -0.2) is 4.68 Å². The molecule has 0 radical (unpaired) electrons. The molecule has 6 nitrogen and oxygen atoms in total. The summed E-state index contributed by atoms with van der Waals surface area (Å²) in [5.41, 5.74) is 2.01. The number of halogens is 1. The number of nitrogens with one attached hydrogen (secondary N) is 1. The number of nitrogens with zero attached hydrogens (tertiary/aromatic N) is 2. The zero-order valence-corrected chi connectivity index (χ0v) is 16.1. The van der Waals surface area contributed by atoms with Crippen LogP contribution in [-0.2, 0) is 11.3 Å². The maximum absolute atomic E-state index is 12.1. The first-order valence-corrected chi connectivity index (χ1v) is 9.21. The van der Waals surface area contributed by atoms with Gasteiger partial charge in [0.05, 0.1) is 12.8 Å². The number of aromatic nitrogens is 2. The molecule has 1 N–H and O–H groups in total. The van der Waals surface area contributed by atoms with Gasteiger partial charge in [-0.2, -0.15) is 5.10 Å². The predicted molar refractivity (Wildman–Crippen MR) is 110 cm³/mol. The average Bonchev–Trinajstić information content (AvgIpc) is 2.69. The molecule has 0 aliphatic carbocycles. The van der Waals surface area contributed by atoms with E-state index >= 15 is 0 Å². The summed E-state index contributed by atoms with van der Waals surface area (Å²) in [6.07, 6.45) is 0.763. The Hall–Kier alpha value is -3.12. The first-order chi connectivity index (χ1) is 13.5. The number of carbonyl (C=O) groups is 1. The van der Waals surface area contributed by atoms with Gasteiger partial charge in [0, 0.05) is 35.3 Å². The molecule has 0 bridgehead atoms. The molecule has 28 heavy (non-hydrogen) atoms. The number of hydrogen-bond donors (Lipinski definition) is 1. The quantitative estimate of drug-likeness (QED) is 0.654. The largest absolute Gasteiger partial charge is 0.497 e. The lowest BCUT2D eigenvalue weighted by molar-refractivity contribution is -0.116. The van der Waals surface area contributed by atoms with E-state index in [2.05, 4.69) is 10.4 Å². The van der Waals surface area contributed by atoms with Crippen LogP contribution in [0.1, 0.15) is 12.8 Å². The Balaban J connectivity index is 1.60. The van der Waals surface area contributed by atoms with Crippen LogP contribution in [0.5, 0.6) is 5.75 Å². The Morgan fingerprint density at radius 1 is 1.14 bits per heavy atom. The minimum absolute atomic E-state index is 0.137. The summed E-state index contributed by atoms with van der Waals surface area (Å²) in [4.78, 5) is 24.1. The SMILES string of the molecule is COc1ccc(-c2ccc(=O)n(CCCC(=O)Nc3cccc(Cl)c3)n2)cc1. The molecule has 1 aromatic heterocycles. The van der Waals surface area contributed by atoms with Crippen molar-refractivity contribution in [2.75, 3.05) is 12.4 Å². The van der Waals surface area contributed by atoms with E-state index in [1.165, 1.54) is 10.7 Å². The van der Waals surface area contributed by atoms with Gasteiger partial charge < -0.3 is 10.1 Å². The van der Waals surface area contributed by atoms with Crippen LogP contribution in [-0.4, -0.2) is 22.8 Å². The van der Waals surface area contributed by atoms with Crippen LogP contribution in [0.15, 0.2) is 65.5 Å². The number of ether oxygens (including phenoxy) is 1. The second-order valence-corrected chi connectivity index (χ2v) is 6.61. The summed E-state index contributed by atoms with van der Waals surface area (Å²) in [5, 5.41) is 7.75. The maximum atomic E-state index is 12.1. The second-order valence-electron chi connectivity index (χ2n) is 6.17. The molecular formula is C21H20ClN3O3. The monoisotopic (exact) mass is 397 g/mol. The van der Waals surface area contributed by atoms with Gasteiger partial charge in [0.15, 0.2) is 0 Å². The van der Waals surface area contributed by atoms with Crippen LogP contribution in [0.25, 0.3) is 11.3 Å². The molecule has 144 valence electrons. The van der Waals surface area contributed by atoms with E-state index in [1.807, 2.05) is 24.3 Å². The number of aryl methyl sites for hydroxylation is 1. The van der Waals surface area contributed by atoms with Crippen molar-refractivity contribution in [2.45, 2.75) is 19.4 Å². The van der Waals surface area contributed by atoms with Gasteiger partial charge in [-0.3, -0.25) is 9.59 Å². The highest BCUT2D eigenvalue weighted by atomic mass is 35.5. The molecule has 0 saturated heterocycles. The molecule has 7 heteroatoms. The summed E-state index contributed by atoms with van der Waals surface area (Å²) in [6.45, 7) is 0.353. The molecule has 1 heterocycles. The zero-order valence-electron chi connectivity index (χ0n) is 15.4. The van der Waals surface area contributed by atoms with Crippen molar-refractivity contribution < 1.29 is 9.53 Å². The summed E-state index contributed by atoms with van der Waals surface area (Å²) >= 11 is 5.91. The molecule has 0 aliphatic rings. The molecule has 0 atom stereocenters. The third-order valence-corrected chi connectivity index (χ3v) is 4.37. The highest BCUT2D eigenvalue weighted by Gasteiger charge is 2.07. The normalized spacial score (nSPS) is 10.5. The fraction of sp³-hybridized carbons (Fsp3) is 0.190. The number of amides is 1. The Morgan fingerprint density at radius 2 is 1.93 bits per heavy atom. The van der Waals surface area contributed by atoms with Crippen LogP contribution >= 0.6 is 11.6 Å². The molecule has 0 spiro atoms. The van der Waals surface area contributed by atoms with Crippen molar-refractivity contribution in [3.63, 3.8) is 0 Å². The van der Waals surface area contributed by atoms with Crippen molar-refractivity contribution in [3.8, 4) is 17.0 Å². The second kappa shape index (κ2) is 9.19. The van der Waals surface area contributed by atoms with E-state index in [9.17, 15) is 9.59 Å². The molecule has 0 saturated carbocycles. The molecule has 3 aromatic rings. The van der Waals surface area contributed by atoms with Gasteiger partial charge in [-0.15, -0.1) is 0 Å². The van der Waals surface area contributed by atoms with E-state index in [1.54, 1.807) is 37.4 Å². The van der Waals surface area contributed by atoms with Crippen molar-refractivity contribution in [3.05, 3.63) is 76.0 Å². The topological polar surface area (TPSA) is 73.2 Å².